The molecule has 0 amide bonds. The van der Waals surface area contributed by atoms with E-state index in [2.05, 4.69) is 15.4 Å². The van der Waals surface area contributed by atoms with Gasteiger partial charge in [0.15, 0.2) is 17.4 Å². The number of aryl methyl sites for hydroxylation is 1. The molecule has 1 aliphatic rings. The van der Waals surface area contributed by atoms with E-state index in [0.717, 1.165) is 12.4 Å². The van der Waals surface area contributed by atoms with Crippen molar-refractivity contribution in [3.63, 3.8) is 0 Å². The molecule has 3 heterocycles. The molecule has 0 aliphatic carbocycles. The molecular weight excluding hydrogens is 254 g/mol. The van der Waals surface area contributed by atoms with E-state index in [4.69, 9.17) is 4.74 Å². The first kappa shape index (κ1) is 12.0. The highest BCUT2D eigenvalue weighted by molar-refractivity contribution is 5.57. The van der Waals surface area contributed by atoms with Crippen LogP contribution in [0.5, 0.6) is 5.75 Å². The van der Waals surface area contributed by atoms with Crippen molar-refractivity contribution in [2.24, 2.45) is 7.05 Å². The second kappa shape index (κ2) is 4.58. The molecule has 5 nitrogen and oxygen atoms in total. The summed E-state index contributed by atoms with van der Waals surface area (Å²) in [6, 6.07) is 1.40. The first-order chi connectivity index (χ1) is 9.15. The Morgan fingerprint density at radius 3 is 2.68 bits per heavy atom. The van der Waals surface area contributed by atoms with Crippen LogP contribution in [0.2, 0.25) is 0 Å². The van der Waals surface area contributed by atoms with Gasteiger partial charge in [0.25, 0.3) is 0 Å². The molecule has 1 fully saturated rings. The standard InChI is InChI=1S/C12H12F2N4O/c1-18-12(9(14)6-17-18)10-2-11(8(13)5-16-10)19-7-3-15-4-7/h2,5-7,15H,3-4H2,1H3. The molecule has 0 spiro atoms. The molecule has 0 radical (unpaired) electrons. The molecule has 0 saturated carbocycles. The van der Waals surface area contributed by atoms with Gasteiger partial charge in [0.1, 0.15) is 11.8 Å². The van der Waals surface area contributed by atoms with Crippen LogP contribution in [0, 0.1) is 11.6 Å². The third-order valence-electron chi connectivity index (χ3n) is 2.99. The second-order valence-corrected chi connectivity index (χ2v) is 4.36. The first-order valence-corrected chi connectivity index (χ1v) is 5.86. The zero-order valence-electron chi connectivity index (χ0n) is 10.2. The fourth-order valence-corrected chi connectivity index (χ4v) is 1.86. The summed E-state index contributed by atoms with van der Waals surface area (Å²) >= 11 is 0. The molecule has 3 rings (SSSR count). The highest BCUT2D eigenvalue weighted by Crippen LogP contribution is 2.26. The Morgan fingerprint density at radius 1 is 1.32 bits per heavy atom. The van der Waals surface area contributed by atoms with E-state index in [1.54, 1.807) is 7.05 Å². The van der Waals surface area contributed by atoms with E-state index in [9.17, 15) is 8.78 Å². The van der Waals surface area contributed by atoms with Crippen molar-refractivity contribution in [2.75, 3.05) is 13.1 Å². The van der Waals surface area contributed by atoms with Crippen LogP contribution in [0.25, 0.3) is 11.4 Å². The average Bonchev–Trinajstić information content (AvgIpc) is 2.66. The van der Waals surface area contributed by atoms with Gasteiger partial charge in [-0.25, -0.2) is 8.78 Å². The van der Waals surface area contributed by atoms with Crippen molar-refractivity contribution >= 4 is 0 Å². The molecule has 1 N–H and O–H groups in total. The Labute approximate surface area is 108 Å². The minimum Gasteiger partial charge on any atom is -0.485 e. The SMILES string of the molecule is Cn1ncc(F)c1-c1cc(OC2CNC2)c(F)cn1. The van der Waals surface area contributed by atoms with Crippen LogP contribution in [0.4, 0.5) is 8.78 Å². The molecule has 1 aliphatic heterocycles. The zero-order chi connectivity index (χ0) is 13.4. The Hall–Kier alpha value is -2.02. The number of rotatable bonds is 3. The van der Waals surface area contributed by atoms with Gasteiger partial charge < -0.3 is 10.1 Å². The molecule has 1 saturated heterocycles. The predicted octanol–water partition coefficient (Wildman–Crippen LogP) is 1.11. The largest absolute Gasteiger partial charge is 0.485 e. The number of pyridine rings is 1. The molecule has 7 heteroatoms. The van der Waals surface area contributed by atoms with Gasteiger partial charge in [-0.2, -0.15) is 5.10 Å². The highest BCUT2D eigenvalue weighted by atomic mass is 19.1. The van der Waals surface area contributed by atoms with E-state index in [0.29, 0.717) is 18.8 Å². The van der Waals surface area contributed by atoms with Gasteiger partial charge in [-0.1, -0.05) is 0 Å². The van der Waals surface area contributed by atoms with Gasteiger partial charge >= 0.3 is 0 Å². The normalized spacial score (nSPS) is 15.3. The van der Waals surface area contributed by atoms with Crippen LogP contribution in [-0.4, -0.2) is 34.0 Å². The van der Waals surface area contributed by atoms with Crippen LogP contribution in [-0.2, 0) is 7.05 Å². The molecule has 0 atom stereocenters. The van der Waals surface area contributed by atoms with Crippen molar-refractivity contribution in [1.82, 2.24) is 20.1 Å². The van der Waals surface area contributed by atoms with Crippen molar-refractivity contribution in [2.45, 2.75) is 6.10 Å². The summed E-state index contributed by atoms with van der Waals surface area (Å²) in [6.07, 6.45) is 2.07. The lowest BCUT2D eigenvalue weighted by atomic mass is 10.2. The van der Waals surface area contributed by atoms with E-state index < -0.39 is 11.6 Å². The molecule has 19 heavy (non-hydrogen) atoms. The predicted molar refractivity (Wildman–Crippen MR) is 63.6 cm³/mol. The molecule has 2 aromatic heterocycles. The van der Waals surface area contributed by atoms with E-state index in [1.807, 2.05) is 0 Å². The third-order valence-corrected chi connectivity index (χ3v) is 2.99. The van der Waals surface area contributed by atoms with Gasteiger partial charge in [0.05, 0.1) is 18.1 Å². The van der Waals surface area contributed by atoms with Gasteiger partial charge in [-0.05, 0) is 0 Å². The van der Waals surface area contributed by atoms with Crippen molar-refractivity contribution in [3.05, 3.63) is 30.1 Å². The maximum absolute atomic E-state index is 13.6. The Balaban J connectivity index is 1.96. The minimum absolute atomic E-state index is 0.0545. The Morgan fingerprint density at radius 2 is 2.11 bits per heavy atom. The summed E-state index contributed by atoms with van der Waals surface area (Å²) < 4.78 is 34.0. The highest BCUT2D eigenvalue weighted by Gasteiger charge is 2.21. The molecule has 0 aromatic carbocycles. The van der Waals surface area contributed by atoms with Crippen LogP contribution in [0.15, 0.2) is 18.5 Å². The van der Waals surface area contributed by atoms with Gasteiger partial charge in [0.2, 0.25) is 0 Å². The second-order valence-electron chi connectivity index (χ2n) is 4.36. The van der Waals surface area contributed by atoms with Crippen LogP contribution in [0.1, 0.15) is 0 Å². The summed E-state index contributed by atoms with van der Waals surface area (Å²) in [7, 11) is 1.60. The van der Waals surface area contributed by atoms with Gasteiger partial charge in [-0.15, -0.1) is 0 Å². The summed E-state index contributed by atoms with van der Waals surface area (Å²) in [5.41, 5.74) is 0.498. The van der Waals surface area contributed by atoms with Crippen LogP contribution >= 0.6 is 0 Å². The number of hydrogen-bond donors (Lipinski definition) is 1. The van der Waals surface area contributed by atoms with Crippen LogP contribution < -0.4 is 10.1 Å². The van der Waals surface area contributed by atoms with Gasteiger partial charge in [0, 0.05) is 26.2 Å². The summed E-state index contributed by atoms with van der Waals surface area (Å²) in [4.78, 5) is 3.88. The zero-order valence-corrected chi connectivity index (χ0v) is 10.2. The number of hydrogen-bond acceptors (Lipinski definition) is 4. The molecule has 100 valence electrons. The van der Waals surface area contributed by atoms with E-state index in [1.165, 1.54) is 10.7 Å². The number of halogens is 2. The molecule has 2 aromatic rings. The van der Waals surface area contributed by atoms with Crippen LogP contribution in [0.3, 0.4) is 0 Å². The molecular formula is C12H12F2N4O. The number of ether oxygens (including phenoxy) is 1. The Kier molecular flexibility index (Phi) is 2.90. The fourth-order valence-electron chi connectivity index (χ4n) is 1.86. The topological polar surface area (TPSA) is 52.0 Å². The summed E-state index contributed by atoms with van der Waals surface area (Å²) in [5, 5.41) is 6.81. The van der Waals surface area contributed by atoms with E-state index >= 15 is 0 Å². The Bertz CT molecular complexity index is 590. The molecule has 0 bridgehead atoms. The lowest BCUT2D eigenvalue weighted by molar-refractivity contribution is 0.136. The van der Waals surface area contributed by atoms with Gasteiger partial charge in [-0.3, -0.25) is 9.67 Å². The monoisotopic (exact) mass is 266 g/mol. The number of nitrogens with zero attached hydrogens (tertiary/aromatic N) is 3. The molecule has 0 unspecified atom stereocenters. The maximum Gasteiger partial charge on any atom is 0.183 e. The fraction of sp³-hybridized carbons (Fsp3) is 0.333. The smallest absolute Gasteiger partial charge is 0.183 e. The first-order valence-electron chi connectivity index (χ1n) is 5.86. The minimum atomic E-state index is -0.557. The maximum atomic E-state index is 13.6. The lowest BCUT2D eigenvalue weighted by Gasteiger charge is -2.27. The van der Waals surface area contributed by atoms with Crippen molar-refractivity contribution < 1.29 is 13.5 Å². The third kappa shape index (κ3) is 2.17. The van der Waals surface area contributed by atoms with Crippen molar-refractivity contribution in [3.8, 4) is 17.1 Å². The average molecular weight is 266 g/mol. The summed E-state index contributed by atoms with van der Waals surface area (Å²) in [5.74, 6) is -0.979. The summed E-state index contributed by atoms with van der Waals surface area (Å²) in [6.45, 7) is 1.36. The number of nitrogens with one attached hydrogen (secondary N) is 1. The lowest BCUT2D eigenvalue weighted by Crippen LogP contribution is -2.50. The van der Waals surface area contributed by atoms with Crippen molar-refractivity contribution in [1.29, 1.82) is 0 Å². The number of aromatic nitrogens is 3. The van der Waals surface area contributed by atoms with E-state index in [-0.39, 0.29) is 17.5 Å². The quantitative estimate of drug-likeness (QED) is 0.904.